The Hall–Kier alpha value is -2.04. The summed E-state index contributed by atoms with van der Waals surface area (Å²) in [6, 6.07) is 15.3. The van der Waals surface area contributed by atoms with Crippen LogP contribution >= 0.6 is 23.2 Å². The minimum atomic E-state index is 0.476. The Kier molecular flexibility index (Phi) is 4.08. The van der Waals surface area contributed by atoms with Gasteiger partial charge in [-0.1, -0.05) is 59.6 Å². The molecule has 0 saturated heterocycles. The van der Waals surface area contributed by atoms with E-state index in [0.717, 1.165) is 17.0 Å². The van der Waals surface area contributed by atoms with Crippen molar-refractivity contribution in [3.8, 4) is 11.3 Å². The van der Waals surface area contributed by atoms with Crippen LogP contribution < -0.4 is 5.32 Å². The maximum atomic E-state index is 6.14. The van der Waals surface area contributed by atoms with Crippen molar-refractivity contribution in [2.75, 3.05) is 5.32 Å². The minimum Gasteiger partial charge on any atom is -0.377 e. The number of nitrogens with zero attached hydrogens (tertiary/aromatic N) is 2. The summed E-state index contributed by atoms with van der Waals surface area (Å²) in [5.41, 5.74) is 3.32. The maximum Gasteiger partial charge on any atom is 0.117 e. The highest BCUT2D eigenvalue weighted by molar-refractivity contribution is 6.39. The topological polar surface area (TPSA) is 53.6 Å². The van der Waals surface area contributed by atoms with E-state index in [2.05, 4.69) is 20.7 Å². The van der Waals surface area contributed by atoms with Gasteiger partial charge in [0.15, 0.2) is 0 Å². The monoisotopic (exact) mass is 318 g/mol. The van der Waals surface area contributed by atoms with Crippen molar-refractivity contribution in [1.82, 2.24) is 15.4 Å². The van der Waals surface area contributed by atoms with Gasteiger partial charge in [0.1, 0.15) is 11.4 Å². The van der Waals surface area contributed by atoms with Gasteiger partial charge in [0.25, 0.3) is 0 Å². The minimum absolute atomic E-state index is 0.476. The first-order chi connectivity index (χ1) is 10.3. The Morgan fingerprint density at radius 2 is 1.62 bits per heavy atom. The molecule has 0 atom stereocenters. The molecule has 4 nitrogen and oxygen atoms in total. The van der Waals surface area contributed by atoms with Crippen LogP contribution in [0.5, 0.6) is 0 Å². The molecule has 0 spiro atoms. The van der Waals surface area contributed by atoms with Crippen LogP contribution in [-0.2, 0) is 6.54 Å². The molecule has 3 aromatic rings. The number of aromatic nitrogens is 3. The molecule has 0 unspecified atom stereocenters. The summed E-state index contributed by atoms with van der Waals surface area (Å²) in [5.74, 6) is 0. The molecule has 0 aliphatic rings. The fraction of sp³-hybridized carbons (Fsp3) is 0.0667. The first-order valence-electron chi connectivity index (χ1n) is 6.38. The van der Waals surface area contributed by atoms with Crippen LogP contribution in [0.25, 0.3) is 11.3 Å². The van der Waals surface area contributed by atoms with E-state index in [0.29, 0.717) is 22.3 Å². The summed E-state index contributed by atoms with van der Waals surface area (Å²) in [7, 11) is 0. The first kappa shape index (κ1) is 13.9. The van der Waals surface area contributed by atoms with Gasteiger partial charge < -0.3 is 5.32 Å². The molecule has 0 saturated carbocycles. The second-order valence-electron chi connectivity index (χ2n) is 4.44. The molecule has 3 rings (SSSR count). The second kappa shape index (κ2) is 6.16. The van der Waals surface area contributed by atoms with Crippen molar-refractivity contribution in [2.24, 2.45) is 0 Å². The summed E-state index contributed by atoms with van der Waals surface area (Å²) < 4.78 is 0. The molecule has 2 aromatic carbocycles. The van der Waals surface area contributed by atoms with Crippen molar-refractivity contribution < 1.29 is 0 Å². The van der Waals surface area contributed by atoms with Crippen molar-refractivity contribution in [1.29, 1.82) is 0 Å². The molecule has 0 aliphatic carbocycles. The van der Waals surface area contributed by atoms with Gasteiger partial charge in [-0.3, -0.25) is 0 Å². The fourth-order valence-electron chi connectivity index (χ4n) is 2.04. The maximum absolute atomic E-state index is 6.14. The lowest BCUT2D eigenvalue weighted by Gasteiger charge is -2.09. The number of aromatic amines is 1. The van der Waals surface area contributed by atoms with E-state index >= 15 is 0 Å². The van der Waals surface area contributed by atoms with Crippen molar-refractivity contribution in [2.45, 2.75) is 6.54 Å². The van der Waals surface area contributed by atoms with Crippen LogP contribution in [0.3, 0.4) is 0 Å². The molecule has 0 aliphatic heterocycles. The van der Waals surface area contributed by atoms with Gasteiger partial charge >= 0.3 is 0 Å². The molecule has 106 valence electrons. The summed E-state index contributed by atoms with van der Waals surface area (Å²) in [5, 5.41) is 15.4. The van der Waals surface area contributed by atoms with Gasteiger partial charge in [-0.15, -0.1) is 0 Å². The smallest absolute Gasteiger partial charge is 0.117 e. The molecule has 0 radical (unpaired) electrons. The van der Waals surface area contributed by atoms with Gasteiger partial charge in [-0.2, -0.15) is 15.4 Å². The number of anilines is 1. The Morgan fingerprint density at radius 3 is 2.33 bits per heavy atom. The third-order valence-corrected chi connectivity index (χ3v) is 3.69. The lowest BCUT2D eigenvalue weighted by atomic mass is 10.1. The fourth-order valence-corrected chi connectivity index (χ4v) is 2.57. The Morgan fingerprint density at radius 1 is 0.905 bits per heavy atom. The SMILES string of the molecule is Clc1cccc(Cl)c1NCc1n[nH]nc1-c1ccccc1. The summed E-state index contributed by atoms with van der Waals surface area (Å²) in [6.45, 7) is 0.476. The second-order valence-corrected chi connectivity index (χ2v) is 5.25. The van der Waals surface area contributed by atoms with Crippen LogP contribution in [0.1, 0.15) is 5.69 Å². The standard InChI is InChI=1S/C15H12Cl2N4/c16-11-7-4-8-12(17)15(11)18-9-13-14(20-21-19-13)10-5-2-1-3-6-10/h1-8,18H,9H2,(H,19,20,21). The highest BCUT2D eigenvalue weighted by atomic mass is 35.5. The van der Waals surface area contributed by atoms with Crippen LogP contribution in [-0.4, -0.2) is 15.4 Å². The third-order valence-electron chi connectivity index (χ3n) is 3.06. The number of nitrogens with one attached hydrogen (secondary N) is 2. The van der Waals surface area contributed by atoms with E-state index in [1.807, 2.05) is 30.3 Å². The predicted molar refractivity (Wildman–Crippen MR) is 85.6 cm³/mol. The van der Waals surface area contributed by atoms with Gasteiger partial charge in [-0.05, 0) is 12.1 Å². The molecule has 0 fully saturated rings. The number of benzene rings is 2. The average Bonchev–Trinajstić information content (AvgIpc) is 2.96. The van der Waals surface area contributed by atoms with E-state index < -0.39 is 0 Å². The quantitative estimate of drug-likeness (QED) is 0.750. The Bertz CT molecular complexity index is 720. The third kappa shape index (κ3) is 3.01. The van der Waals surface area contributed by atoms with Gasteiger partial charge in [-0.25, -0.2) is 0 Å². The lowest BCUT2D eigenvalue weighted by molar-refractivity contribution is 0.911. The normalized spacial score (nSPS) is 10.6. The molecule has 1 aromatic heterocycles. The summed E-state index contributed by atoms with van der Waals surface area (Å²) >= 11 is 12.3. The highest BCUT2D eigenvalue weighted by Gasteiger charge is 2.11. The van der Waals surface area contributed by atoms with Crippen LogP contribution in [0.2, 0.25) is 10.0 Å². The molecule has 6 heteroatoms. The number of hydrogen-bond donors (Lipinski definition) is 2. The van der Waals surface area contributed by atoms with E-state index in [9.17, 15) is 0 Å². The predicted octanol–water partition coefficient (Wildman–Crippen LogP) is 4.39. The zero-order valence-electron chi connectivity index (χ0n) is 11.0. The molecule has 0 amide bonds. The largest absolute Gasteiger partial charge is 0.377 e. The zero-order valence-corrected chi connectivity index (χ0v) is 12.5. The molecular formula is C15H12Cl2N4. The Labute approximate surface area is 132 Å². The van der Waals surface area contributed by atoms with E-state index in [1.165, 1.54) is 0 Å². The first-order valence-corrected chi connectivity index (χ1v) is 7.14. The number of H-pyrrole nitrogens is 1. The van der Waals surface area contributed by atoms with Gasteiger partial charge in [0, 0.05) is 5.56 Å². The number of halogens is 2. The van der Waals surface area contributed by atoms with Gasteiger partial charge in [0.2, 0.25) is 0 Å². The molecule has 2 N–H and O–H groups in total. The van der Waals surface area contributed by atoms with Crippen LogP contribution in [0.15, 0.2) is 48.5 Å². The molecular weight excluding hydrogens is 307 g/mol. The van der Waals surface area contributed by atoms with Crippen LogP contribution in [0, 0.1) is 0 Å². The molecule has 21 heavy (non-hydrogen) atoms. The number of rotatable bonds is 4. The number of hydrogen-bond acceptors (Lipinski definition) is 3. The lowest BCUT2D eigenvalue weighted by Crippen LogP contribution is -2.02. The van der Waals surface area contributed by atoms with E-state index in [1.54, 1.807) is 18.2 Å². The Balaban J connectivity index is 1.83. The van der Waals surface area contributed by atoms with Crippen molar-refractivity contribution in [3.05, 3.63) is 64.3 Å². The van der Waals surface area contributed by atoms with Gasteiger partial charge in [0.05, 0.1) is 22.3 Å². The molecule has 1 heterocycles. The van der Waals surface area contributed by atoms with Crippen molar-refractivity contribution in [3.63, 3.8) is 0 Å². The van der Waals surface area contributed by atoms with Crippen molar-refractivity contribution >= 4 is 28.9 Å². The summed E-state index contributed by atoms with van der Waals surface area (Å²) in [6.07, 6.45) is 0. The average molecular weight is 319 g/mol. The summed E-state index contributed by atoms with van der Waals surface area (Å²) in [4.78, 5) is 0. The van der Waals surface area contributed by atoms with Crippen LogP contribution in [0.4, 0.5) is 5.69 Å². The number of para-hydroxylation sites is 1. The highest BCUT2D eigenvalue weighted by Crippen LogP contribution is 2.30. The zero-order chi connectivity index (χ0) is 14.7. The molecule has 0 bridgehead atoms. The van der Waals surface area contributed by atoms with E-state index in [4.69, 9.17) is 23.2 Å². The van der Waals surface area contributed by atoms with E-state index in [-0.39, 0.29) is 0 Å².